The molecule has 1 aliphatic rings. The Hall–Kier alpha value is -0.810. The molecule has 106 valence electrons. The SMILES string of the molecule is CCN(CC)C(N)=NCC(C)CN1CCOCC1. The normalized spacial score (nSPS) is 19.8. The number of hydrogen-bond donors (Lipinski definition) is 1. The van der Waals surface area contributed by atoms with Crippen LogP contribution in [0.5, 0.6) is 0 Å². The summed E-state index contributed by atoms with van der Waals surface area (Å²) < 4.78 is 5.34. The first-order valence-corrected chi connectivity index (χ1v) is 7.02. The highest BCUT2D eigenvalue weighted by molar-refractivity contribution is 5.77. The van der Waals surface area contributed by atoms with E-state index >= 15 is 0 Å². The Balaban J connectivity index is 2.30. The van der Waals surface area contributed by atoms with Gasteiger partial charge in [-0.3, -0.25) is 9.89 Å². The van der Waals surface area contributed by atoms with Crippen LogP contribution in [0.1, 0.15) is 20.8 Å². The van der Waals surface area contributed by atoms with E-state index in [9.17, 15) is 0 Å². The molecule has 0 aliphatic carbocycles. The molecule has 0 saturated carbocycles. The van der Waals surface area contributed by atoms with Crippen molar-refractivity contribution in [3.8, 4) is 0 Å². The molecule has 1 rings (SSSR count). The van der Waals surface area contributed by atoms with Crippen molar-refractivity contribution < 1.29 is 4.74 Å². The minimum Gasteiger partial charge on any atom is -0.379 e. The maximum absolute atomic E-state index is 5.96. The zero-order valence-corrected chi connectivity index (χ0v) is 12.1. The maximum Gasteiger partial charge on any atom is 0.191 e. The van der Waals surface area contributed by atoms with E-state index in [2.05, 4.69) is 35.6 Å². The average Bonchev–Trinajstić information content (AvgIpc) is 2.39. The van der Waals surface area contributed by atoms with Gasteiger partial charge >= 0.3 is 0 Å². The zero-order chi connectivity index (χ0) is 13.4. The van der Waals surface area contributed by atoms with Gasteiger partial charge in [0.2, 0.25) is 0 Å². The molecule has 1 fully saturated rings. The predicted octanol–water partition coefficient (Wildman–Crippen LogP) is 0.611. The molecule has 0 radical (unpaired) electrons. The molecule has 0 aromatic carbocycles. The summed E-state index contributed by atoms with van der Waals surface area (Å²) in [5.74, 6) is 1.21. The lowest BCUT2D eigenvalue weighted by Crippen LogP contribution is -2.40. The smallest absolute Gasteiger partial charge is 0.191 e. The van der Waals surface area contributed by atoms with Gasteiger partial charge in [-0.1, -0.05) is 6.92 Å². The van der Waals surface area contributed by atoms with E-state index in [1.807, 2.05) is 0 Å². The van der Waals surface area contributed by atoms with E-state index in [-0.39, 0.29) is 0 Å². The Morgan fingerprint density at radius 1 is 1.33 bits per heavy atom. The second-order valence-corrected chi connectivity index (χ2v) is 4.89. The molecule has 1 aliphatic heterocycles. The van der Waals surface area contributed by atoms with Gasteiger partial charge in [0.05, 0.1) is 13.2 Å². The molecule has 1 atom stereocenters. The molecule has 2 N–H and O–H groups in total. The molecule has 1 saturated heterocycles. The van der Waals surface area contributed by atoms with Gasteiger partial charge in [0.25, 0.3) is 0 Å². The van der Waals surface area contributed by atoms with Crippen LogP contribution in [0, 0.1) is 5.92 Å². The summed E-state index contributed by atoms with van der Waals surface area (Å²) in [7, 11) is 0. The lowest BCUT2D eigenvalue weighted by Gasteiger charge is -2.28. The number of ether oxygens (including phenoxy) is 1. The zero-order valence-electron chi connectivity index (χ0n) is 12.1. The predicted molar refractivity (Wildman–Crippen MR) is 75.8 cm³/mol. The number of hydrogen-bond acceptors (Lipinski definition) is 3. The van der Waals surface area contributed by atoms with E-state index in [0.717, 1.165) is 52.5 Å². The van der Waals surface area contributed by atoms with Gasteiger partial charge in [-0.2, -0.15) is 0 Å². The second-order valence-electron chi connectivity index (χ2n) is 4.89. The van der Waals surface area contributed by atoms with Gasteiger partial charge in [-0.15, -0.1) is 0 Å². The Labute approximate surface area is 111 Å². The minimum atomic E-state index is 0.539. The van der Waals surface area contributed by atoms with Crippen LogP contribution in [0.4, 0.5) is 0 Å². The largest absolute Gasteiger partial charge is 0.379 e. The highest BCUT2D eigenvalue weighted by atomic mass is 16.5. The van der Waals surface area contributed by atoms with Gasteiger partial charge < -0.3 is 15.4 Å². The fraction of sp³-hybridized carbons (Fsp3) is 0.923. The standard InChI is InChI=1S/C13H28N4O/c1-4-17(5-2)13(14)15-10-12(3)11-16-6-8-18-9-7-16/h12H,4-11H2,1-3H3,(H2,14,15). The molecule has 0 bridgehead atoms. The lowest BCUT2D eigenvalue weighted by molar-refractivity contribution is 0.0323. The van der Waals surface area contributed by atoms with Crippen molar-refractivity contribution in [2.75, 3.05) is 52.5 Å². The van der Waals surface area contributed by atoms with E-state index in [1.54, 1.807) is 0 Å². The van der Waals surface area contributed by atoms with Crippen LogP contribution in [0.3, 0.4) is 0 Å². The summed E-state index contributed by atoms with van der Waals surface area (Å²) in [5.41, 5.74) is 5.96. The maximum atomic E-state index is 5.96. The van der Waals surface area contributed by atoms with Crippen LogP contribution in [-0.4, -0.2) is 68.2 Å². The molecular weight excluding hydrogens is 228 g/mol. The summed E-state index contributed by atoms with van der Waals surface area (Å²) in [5, 5.41) is 0. The molecule has 5 heteroatoms. The first-order valence-electron chi connectivity index (χ1n) is 7.02. The number of morpholine rings is 1. The fourth-order valence-electron chi connectivity index (χ4n) is 2.18. The van der Waals surface area contributed by atoms with Gasteiger partial charge in [0.1, 0.15) is 0 Å². The molecule has 0 aromatic rings. The average molecular weight is 256 g/mol. The minimum absolute atomic E-state index is 0.539. The molecule has 0 spiro atoms. The summed E-state index contributed by atoms with van der Waals surface area (Å²) >= 11 is 0. The van der Waals surface area contributed by atoms with Crippen LogP contribution in [0.2, 0.25) is 0 Å². The van der Waals surface area contributed by atoms with Crippen molar-refractivity contribution in [3.05, 3.63) is 0 Å². The first kappa shape index (κ1) is 15.2. The van der Waals surface area contributed by atoms with Gasteiger partial charge in [-0.05, 0) is 19.8 Å². The summed E-state index contributed by atoms with van der Waals surface area (Å²) in [4.78, 5) is 9.02. The summed E-state index contributed by atoms with van der Waals surface area (Å²) in [6, 6.07) is 0. The third kappa shape index (κ3) is 5.23. The Morgan fingerprint density at radius 3 is 2.50 bits per heavy atom. The monoisotopic (exact) mass is 256 g/mol. The van der Waals surface area contributed by atoms with E-state index < -0.39 is 0 Å². The number of nitrogens with two attached hydrogens (primary N) is 1. The van der Waals surface area contributed by atoms with Crippen LogP contribution in [-0.2, 0) is 4.74 Å². The van der Waals surface area contributed by atoms with Gasteiger partial charge in [-0.25, -0.2) is 0 Å². The number of nitrogens with zero attached hydrogens (tertiary/aromatic N) is 3. The third-order valence-corrected chi connectivity index (χ3v) is 3.33. The second kappa shape index (κ2) is 8.32. The Kier molecular flexibility index (Phi) is 7.05. The molecular formula is C13H28N4O. The van der Waals surface area contributed by atoms with Crippen LogP contribution in [0.15, 0.2) is 4.99 Å². The quantitative estimate of drug-likeness (QED) is 0.559. The number of guanidine groups is 1. The van der Waals surface area contributed by atoms with Crippen molar-refractivity contribution in [2.45, 2.75) is 20.8 Å². The molecule has 1 heterocycles. The Bertz CT molecular complexity index is 247. The van der Waals surface area contributed by atoms with E-state index in [1.165, 1.54) is 0 Å². The van der Waals surface area contributed by atoms with Crippen molar-refractivity contribution in [1.82, 2.24) is 9.80 Å². The van der Waals surface area contributed by atoms with E-state index in [4.69, 9.17) is 10.5 Å². The first-order chi connectivity index (χ1) is 8.67. The third-order valence-electron chi connectivity index (χ3n) is 3.33. The number of aliphatic imine (C=N–C) groups is 1. The molecule has 18 heavy (non-hydrogen) atoms. The fourth-order valence-corrected chi connectivity index (χ4v) is 2.18. The highest BCUT2D eigenvalue weighted by Crippen LogP contribution is 2.04. The van der Waals surface area contributed by atoms with Crippen molar-refractivity contribution in [2.24, 2.45) is 16.6 Å². The molecule has 5 nitrogen and oxygen atoms in total. The van der Waals surface area contributed by atoms with Crippen LogP contribution in [0.25, 0.3) is 0 Å². The van der Waals surface area contributed by atoms with Gasteiger partial charge in [0, 0.05) is 39.3 Å². The summed E-state index contributed by atoms with van der Waals surface area (Å²) in [6.07, 6.45) is 0. The summed E-state index contributed by atoms with van der Waals surface area (Å²) in [6.45, 7) is 14.0. The molecule has 0 aromatic heterocycles. The molecule has 0 amide bonds. The van der Waals surface area contributed by atoms with E-state index in [0.29, 0.717) is 11.9 Å². The lowest BCUT2D eigenvalue weighted by atomic mass is 10.1. The van der Waals surface area contributed by atoms with Crippen molar-refractivity contribution in [1.29, 1.82) is 0 Å². The van der Waals surface area contributed by atoms with Crippen LogP contribution >= 0.6 is 0 Å². The van der Waals surface area contributed by atoms with Crippen molar-refractivity contribution >= 4 is 5.96 Å². The highest BCUT2D eigenvalue weighted by Gasteiger charge is 2.13. The number of rotatable bonds is 6. The topological polar surface area (TPSA) is 54.1 Å². The van der Waals surface area contributed by atoms with Crippen LogP contribution < -0.4 is 5.73 Å². The van der Waals surface area contributed by atoms with Gasteiger partial charge in [0.15, 0.2) is 5.96 Å². The van der Waals surface area contributed by atoms with Crippen molar-refractivity contribution in [3.63, 3.8) is 0 Å². The Morgan fingerprint density at radius 2 is 1.94 bits per heavy atom. The molecule has 1 unspecified atom stereocenters.